The lowest BCUT2D eigenvalue weighted by Crippen LogP contribution is -2.46. The Morgan fingerprint density at radius 3 is 2.47 bits per heavy atom. The van der Waals surface area contributed by atoms with Crippen LogP contribution in [0.2, 0.25) is 0 Å². The standard InChI is InChI=1S/C17H23NO/c1-4-18-16(12-14-10-11-19-13-14)17(2,3)15-8-6-5-7-9-15/h5-11,13,16,18H,4,12H2,1-3H3. The molecule has 2 rings (SSSR count). The van der Waals surface area contributed by atoms with Gasteiger partial charge in [-0.3, -0.25) is 0 Å². The van der Waals surface area contributed by atoms with Gasteiger partial charge in [-0.05, 0) is 30.2 Å². The van der Waals surface area contributed by atoms with Crippen molar-refractivity contribution in [2.45, 2.75) is 38.6 Å². The first-order chi connectivity index (χ1) is 9.14. The zero-order chi connectivity index (χ0) is 13.7. The molecule has 1 N–H and O–H groups in total. The Hall–Kier alpha value is -1.54. The number of rotatable bonds is 6. The molecule has 102 valence electrons. The fourth-order valence-corrected chi connectivity index (χ4v) is 2.54. The highest BCUT2D eigenvalue weighted by Gasteiger charge is 2.30. The fourth-order valence-electron chi connectivity index (χ4n) is 2.54. The minimum atomic E-state index is 0.0779. The van der Waals surface area contributed by atoms with Crippen molar-refractivity contribution in [1.82, 2.24) is 5.32 Å². The number of furan rings is 1. The third-order valence-corrected chi connectivity index (χ3v) is 3.86. The third-order valence-electron chi connectivity index (χ3n) is 3.86. The lowest BCUT2D eigenvalue weighted by molar-refractivity contribution is 0.342. The molecule has 0 bridgehead atoms. The molecule has 0 aliphatic rings. The number of hydrogen-bond acceptors (Lipinski definition) is 2. The Bertz CT molecular complexity index is 473. The molecule has 1 aromatic heterocycles. The van der Waals surface area contributed by atoms with E-state index in [1.807, 2.05) is 12.3 Å². The second kappa shape index (κ2) is 6.07. The van der Waals surface area contributed by atoms with Gasteiger partial charge in [0, 0.05) is 11.5 Å². The number of hydrogen-bond donors (Lipinski definition) is 1. The van der Waals surface area contributed by atoms with E-state index in [0.29, 0.717) is 6.04 Å². The highest BCUT2D eigenvalue weighted by Crippen LogP contribution is 2.29. The van der Waals surface area contributed by atoms with Gasteiger partial charge in [0.15, 0.2) is 0 Å². The molecule has 1 atom stereocenters. The van der Waals surface area contributed by atoms with Gasteiger partial charge in [-0.2, -0.15) is 0 Å². The molecular formula is C17H23NO. The first-order valence-corrected chi connectivity index (χ1v) is 6.94. The Morgan fingerprint density at radius 1 is 1.16 bits per heavy atom. The van der Waals surface area contributed by atoms with Crippen LogP contribution < -0.4 is 5.32 Å². The van der Waals surface area contributed by atoms with Crippen molar-refractivity contribution < 1.29 is 4.42 Å². The SMILES string of the molecule is CCNC(Cc1ccoc1)C(C)(C)c1ccccc1. The average Bonchev–Trinajstić information content (AvgIpc) is 2.92. The topological polar surface area (TPSA) is 25.2 Å². The van der Waals surface area contributed by atoms with Gasteiger partial charge >= 0.3 is 0 Å². The van der Waals surface area contributed by atoms with E-state index in [9.17, 15) is 0 Å². The minimum Gasteiger partial charge on any atom is -0.472 e. The zero-order valence-corrected chi connectivity index (χ0v) is 12.0. The van der Waals surface area contributed by atoms with Gasteiger partial charge in [-0.25, -0.2) is 0 Å². The van der Waals surface area contributed by atoms with Crippen LogP contribution in [0.25, 0.3) is 0 Å². The summed E-state index contributed by atoms with van der Waals surface area (Å²) in [5.41, 5.74) is 2.69. The van der Waals surface area contributed by atoms with Crippen LogP contribution in [0, 0.1) is 0 Å². The van der Waals surface area contributed by atoms with Crippen LogP contribution in [0.15, 0.2) is 53.3 Å². The normalized spacial score (nSPS) is 13.4. The van der Waals surface area contributed by atoms with E-state index in [4.69, 9.17) is 4.42 Å². The first-order valence-electron chi connectivity index (χ1n) is 6.94. The van der Waals surface area contributed by atoms with E-state index in [2.05, 4.69) is 56.4 Å². The van der Waals surface area contributed by atoms with Crippen LogP contribution in [0.4, 0.5) is 0 Å². The second-order valence-corrected chi connectivity index (χ2v) is 5.53. The number of nitrogens with one attached hydrogen (secondary N) is 1. The highest BCUT2D eigenvalue weighted by atomic mass is 16.3. The van der Waals surface area contributed by atoms with Crippen LogP contribution in [-0.4, -0.2) is 12.6 Å². The van der Waals surface area contributed by atoms with Crippen molar-refractivity contribution in [1.29, 1.82) is 0 Å². The second-order valence-electron chi connectivity index (χ2n) is 5.53. The number of benzene rings is 1. The van der Waals surface area contributed by atoms with Gasteiger partial charge in [-0.1, -0.05) is 51.1 Å². The van der Waals surface area contributed by atoms with Gasteiger partial charge in [0.05, 0.1) is 12.5 Å². The summed E-state index contributed by atoms with van der Waals surface area (Å²) in [4.78, 5) is 0. The molecule has 0 amide bonds. The molecular weight excluding hydrogens is 234 g/mol. The predicted molar refractivity (Wildman–Crippen MR) is 79.3 cm³/mol. The van der Waals surface area contributed by atoms with Crippen molar-refractivity contribution in [2.75, 3.05) is 6.54 Å². The molecule has 0 saturated carbocycles. The van der Waals surface area contributed by atoms with Crippen molar-refractivity contribution in [3.63, 3.8) is 0 Å². The van der Waals surface area contributed by atoms with Crippen LogP contribution in [0.5, 0.6) is 0 Å². The molecule has 2 heteroatoms. The highest BCUT2D eigenvalue weighted by molar-refractivity contribution is 5.27. The van der Waals surface area contributed by atoms with E-state index in [1.54, 1.807) is 6.26 Å². The van der Waals surface area contributed by atoms with Crippen LogP contribution >= 0.6 is 0 Å². The molecule has 0 aliphatic carbocycles. The maximum Gasteiger partial charge on any atom is 0.0935 e. The summed E-state index contributed by atoms with van der Waals surface area (Å²) in [6.07, 6.45) is 4.56. The summed E-state index contributed by atoms with van der Waals surface area (Å²) < 4.78 is 5.18. The summed E-state index contributed by atoms with van der Waals surface area (Å²) in [5.74, 6) is 0. The Balaban J connectivity index is 2.22. The molecule has 2 nitrogen and oxygen atoms in total. The Kier molecular flexibility index (Phi) is 4.43. The molecule has 0 radical (unpaired) electrons. The predicted octanol–water partition coefficient (Wildman–Crippen LogP) is 3.78. The van der Waals surface area contributed by atoms with Crippen molar-refractivity contribution in [2.24, 2.45) is 0 Å². The first kappa shape index (κ1) is 13.9. The molecule has 0 aliphatic heterocycles. The van der Waals surface area contributed by atoms with E-state index in [1.165, 1.54) is 11.1 Å². The smallest absolute Gasteiger partial charge is 0.0935 e. The maximum absolute atomic E-state index is 5.18. The molecule has 19 heavy (non-hydrogen) atoms. The molecule has 0 spiro atoms. The van der Waals surface area contributed by atoms with Crippen molar-refractivity contribution >= 4 is 0 Å². The van der Waals surface area contributed by atoms with Gasteiger partial charge in [-0.15, -0.1) is 0 Å². The Morgan fingerprint density at radius 2 is 1.89 bits per heavy atom. The van der Waals surface area contributed by atoms with Crippen molar-refractivity contribution in [3.05, 3.63) is 60.1 Å². The van der Waals surface area contributed by atoms with E-state index >= 15 is 0 Å². The van der Waals surface area contributed by atoms with E-state index < -0.39 is 0 Å². The van der Waals surface area contributed by atoms with Crippen LogP contribution in [-0.2, 0) is 11.8 Å². The molecule has 0 saturated heterocycles. The monoisotopic (exact) mass is 257 g/mol. The lowest BCUT2D eigenvalue weighted by atomic mass is 9.75. The summed E-state index contributed by atoms with van der Waals surface area (Å²) in [5, 5.41) is 3.62. The molecule has 1 unspecified atom stereocenters. The quantitative estimate of drug-likeness (QED) is 0.852. The van der Waals surface area contributed by atoms with E-state index in [-0.39, 0.29) is 5.41 Å². The van der Waals surface area contributed by atoms with Crippen LogP contribution in [0.3, 0.4) is 0 Å². The van der Waals surface area contributed by atoms with Crippen LogP contribution in [0.1, 0.15) is 31.9 Å². The van der Waals surface area contributed by atoms with E-state index in [0.717, 1.165) is 13.0 Å². The van der Waals surface area contributed by atoms with Gasteiger partial charge in [0.25, 0.3) is 0 Å². The molecule has 0 fully saturated rings. The van der Waals surface area contributed by atoms with Gasteiger partial charge in [0.1, 0.15) is 0 Å². The third kappa shape index (κ3) is 3.27. The fraction of sp³-hybridized carbons (Fsp3) is 0.412. The maximum atomic E-state index is 5.18. The number of likely N-dealkylation sites (N-methyl/N-ethyl adjacent to an activating group) is 1. The molecule has 2 aromatic rings. The lowest BCUT2D eigenvalue weighted by Gasteiger charge is -2.35. The largest absolute Gasteiger partial charge is 0.472 e. The summed E-state index contributed by atoms with van der Waals surface area (Å²) in [6, 6.07) is 13.1. The summed E-state index contributed by atoms with van der Waals surface area (Å²) in [6.45, 7) is 7.73. The molecule has 1 aromatic carbocycles. The molecule has 1 heterocycles. The summed E-state index contributed by atoms with van der Waals surface area (Å²) >= 11 is 0. The van der Waals surface area contributed by atoms with Gasteiger partial charge < -0.3 is 9.73 Å². The summed E-state index contributed by atoms with van der Waals surface area (Å²) in [7, 11) is 0. The minimum absolute atomic E-state index is 0.0779. The average molecular weight is 257 g/mol. The Labute approximate surface area is 115 Å². The zero-order valence-electron chi connectivity index (χ0n) is 12.0. The van der Waals surface area contributed by atoms with Crippen molar-refractivity contribution in [3.8, 4) is 0 Å². The van der Waals surface area contributed by atoms with Gasteiger partial charge in [0.2, 0.25) is 0 Å².